The number of carbonyl (C=O) groups excluding carboxylic acids is 3. The Bertz CT molecular complexity index is 440. The Balaban J connectivity index is 2.65. The molecule has 8 nitrogen and oxygen atoms in total. The number of rotatable bonds is 7. The van der Waals surface area contributed by atoms with Crippen molar-refractivity contribution >= 4 is 17.8 Å². The van der Waals surface area contributed by atoms with Crippen molar-refractivity contribution in [1.29, 1.82) is 0 Å². The summed E-state index contributed by atoms with van der Waals surface area (Å²) in [6.07, 6.45) is 3.10. The second-order valence-corrected chi connectivity index (χ2v) is 3.71. The zero-order chi connectivity index (χ0) is 15.0. The molecule has 0 bridgehead atoms. The molecule has 0 saturated heterocycles. The average molecular weight is 283 g/mol. The molecule has 0 aromatic carbocycles. The van der Waals surface area contributed by atoms with Gasteiger partial charge in [0.15, 0.2) is 0 Å². The Labute approximate surface area is 116 Å². The molecule has 1 aromatic rings. The molecule has 1 rings (SSSR count). The minimum Gasteiger partial charge on any atom is -0.464 e. The number of hydrogen-bond donors (Lipinski definition) is 1. The highest BCUT2D eigenvalue weighted by Gasteiger charge is 2.31. The van der Waals surface area contributed by atoms with Gasteiger partial charge in [-0.2, -0.15) is 5.10 Å². The first-order valence-electron chi connectivity index (χ1n) is 6.18. The third-order valence-electron chi connectivity index (χ3n) is 2.21. The highest BCUT2D eigenvalue weighted by atomic mass is 16.6. The summed E-state index contributed by atoms with van der Waals surface area (Å²) in [4.78, 5) is 35.0. The fraction of sp³-hybridized carbons (Fsp3) is 0.500. The molecule has 0 atom stereocenters. The predicted molar refractivity (Wildman–Crippen MR) is 67.4 cm³/mol. The van der Waals surface area contributed by atoms with Gasteiger partial charge in [0.1, 0.15) is 6.54 Å². The van der Waals surface area contributed by atoms with E-state index in [-0.39, 0.29) is 19.8 Å². The number of nitrogens with one attached hydrogen (secondary N) is 1. The standard InChI is InChI=1S/C12H17N3O5/c1-3-19-11(17)10(12(18)20-4-2)14-9(16)8-15-7-5-6-13-15/h5-7,10H,3-4,8H2,1-2H3,(H,14,16). The predicted octanol–water partition coefficient (Wildman–Crippen LogP) is -0.506. The Morgan fingerprint density at radius 1 is 1.20 bits per heavy atom. The van der Waals surface area contributed by atoms with E-state index >= 15 is 0 Å². The molecule has 0 fully saturated rings. The maximum atomic E-state index is 11.8. The topological polar surface area (TPSA) is 99.5 Å². The lowest BCUT2D eigenvalue weighted by Crippen LogP contribution is -2.49. The molecule has 1 aromatic heterocycles. The van der Waals surface area contributed by atoms with Gasteiger partial charge in [-0.05, 0) is 19.9 Å². The largest absolute Gasteiger partial charge is 0.464 e. The molecular weight excluding hydrogens is 266 g/mol. The van der Waals surface area contributed by atoms with Gasteiger partial charge in [-0.3, -0.25) is 9.48 Å². The fourth-order valence-corrected chi connectivity index (χ4v) is 1.41. The summed E-state index contributed by atoms with van der Waals surface area (Å²) >= 11 is 0. The van der Waals surface area contributed by atoms with E-state index in [1.807, 2.05) is 0 Å². The highest BCUT2D eigenvalue weighted by Crippen LogP contribution is 1.96. The van der Waals surface area contributed by atoms with Crippen LogP contribution < -0.4 is 5.32 Å². The van der Waals surface area contributed by atoms with Crippen LogP contribution in [-0.2, 0) is 30.4 Å². The third kappa shape index (κ3) is 4.71. The Hall–Kier alpha value is -2.38. The molecule has 0 radical (unpaired) electrons. The molecule has 0 saturated carbocycles. The number of nitrogens with zero attached hydrogens (tertiary/aromatic N) is 2. The van der Waals surface area contributed by atoms with Gasteiger partial charge in [-0.25, -0.2) is 9.59 Å². The van der Waals surface area contributed by atoms with Crippen molar-refractivity contribution < 1.29 is 23.9 Å². The number of aromatic nitrogens is 2. The zero-order valence-corrected chi connectivity index (χ0v) is 11.4. The van der Waals surface area contributed by atoms with Gasteiger partial charge >= 0.3 is 11.9 Å². The number of esters is 2. The lowest BCUT2D eigenvalue weighted by Gasteiger charge is -2.15. The number of hydrogen-bond acceptors (Lipinski definition) is 6. The van der Waals surface area contributed by atoms with Crippen molar-refractivity contribution in [3.8, 4) is 0 Å². The summed E-state index contributed by atoms with van der Waals surface area (Å²) in [6.45, 7) is 3.30. The van der Waals surface area contributed by atoms with Crippen molar-refractivity contribution in [3.63, 3.8) is 0 Å². The van der Waals surface area contributed by atoms with Crippen LogP contribution in [-0.4, -0.2) is 46.9 Å². The summed E-state index contributed by atoms with van der Waals surface area (Å²) < 4.78 is 10.8. The summed E-state index contributed by atoms with van der Waals surface area (Å²) in [7, 11) is 0. The first-order chi connectivity index (χ1) is 9.58. The van der Waals surface area contributed by atoms with E-state index in [0.29, 0.717) is 0 Å². The number of ether oxygens (including phenoxy) is 2. The minimum absolute atomic E-state index is 0.101. The van der Waals surface area contributed by atoms with E-state index in [4.69, 9.17) is 9.47 Å². The van der Waals surface area contributed by atoms with Gasteiger partial charge in [0.25, 0.3) is 0 Å². The molecule has 0 unspecified atom stereocenters. The number of carbonyl (C=O) groups is 3. The van der Waals surface area contributed by atoms with Crippen LogP contribution in [0.25, 0.3) is 0 Å². The van der Waals surface area contributed by atoms with E-state index < -0.39 is 23.9 Å². The molecular formula is C12H17N3O5. The molecule has 1 heterocycles. The van der Waals surface area contributed by atoms with Crippen LogP contribution in [0.15, 0.2) is 18.5 Å². The van der Waals surface area contributed by atoms with E-state index in [9.17, 15) is 14.4 Å². The lowest BCUT2D eigenvalue weighted by molar-refractivity contribution is -0.159. The molecule has 1 amide bonds. The molecule has 20 heavy (non-hydrogen) atoms. The second-order valence-electron chi connectivity index (χ2n) is 3.71. The van der Waals surface area contributed by atoms with Crippen molar-refractivity contribution in [2.45, 2.75) is 26.4 Å². The van der Waals surface area contributed by atoms with E-state index in [0.717, 1.165) is 0 Å². The van der Waals surface area contributed by atoms with Crippen molar-refractivity contribution in [1.82, 2.24) is 15.1 Å². The first-order valence-corrected chi connectivity index (χ1v) is 6.18. The molecule has 0 aliphatic carbocycles. The molecule has 0 aliphatic heterocycles. The molecule has 8 heteroatoms. The smallest absolute Gasteiger partial charge is 0.340 e. The van der Waals surface area contributed by atoms with Crippen molar-refractivity contribution in [2.75, 3.05) is 13.2 Å². The summed E-state index contributed by atoms with van der Waals surface area (Å²) in [5.41, 5.74) is 0. The maximum Gasteiger partial charge on any atom is 0.340 e. The van der Waals surface area contributed by atoms with Gasteiger partial charge in [0.2, 0.25) is 11.9 Å². The Morgan fingerprint density at radius 2 is 1.80 bits per heavy atom. The SMILES string of the molecule is CCOC(=O)C(NC(=O)Cn1cccn1)C(=O)OCC. The van der Waals surface area contributed by atoms with Crippen LogP contribution in [0.4, 0.5) is 0 Å². The molecule has 1 N–H and O–H groups in total. The molecule has 0 aliphatic rings. The van der Waals surface area contributed by atoms with E-state index in [1.54, 1.807) is 26.1 Å². The van der Waals surface area contributed by atoms with E-state index in [2.05, 4.69) is 10.4 Å². The fourth-order valence-electron chi connectivity index (χ4n) is 1.41. The maximum absolute atomic E-state index is 11.8. The van der Waals surface area contributed by atoms with Crippen LogP contribution in [0.5, 0.6) is 0 Å². The molecule has 110 valence electrons. The van der Waals surface area contributed by atoms with Gasteiger partial charge in [-0.1, -0.05) is 0 Å². The average Bonchev–Trinajstić information content (AvgIpc) is 2.89. The normalized spacial score (nSPS) is 10.2. The van der Waals surface area contributed by atoms with Gasteiger partial charge in [0, 0.05) is 12.4 Å². The summed E-state index contributed by atoms with van der Waals surface area (Å²) in [5.74, 6) is -2.24. The lowest BCUT2D eigenvalue weighted by atomic mass is 10.3. The first kappa shape index (κ1) is 15.7. The monoisotopic (exact) mass is 283 g/mol. The highest BCUT2D eigenvalue weighted by molar-refractivity contribution is 6.02. The van der Waals surface area contributed by atoms with Crippen molar-refractivity contribution in [3.05, 3.63) is 18.5 Å². The summed E-state index contributed by atoms with van der Waals surface area (Å²) in [5, 5.41) is 6.12. The van der Waals surface area contributed by atoms with Gasteiger partial charge in [-0.15, -0.1) is 0 Å². The van der Waals surface area contributed by atoms with Gasteiger partial charge < -0.3 is 14.8 Å². The zero-order valence-electron chi connectivity index (χ0n) is 11.4. The third-order valence-corrected chi connectivity index (χ3v) is 2.21. The van der Waals surface area contributed by atoms with Crippen LogP contribution in [0.2, 0.25) is 0 Å². The number of amides is 1. The van der Waals surface area contributed by atoms with Gasteiger partial charge in [0.05, 0.1) is 13.2 Å². The Morgan fingerprint density at radius 3 is 2.25 bits per heavy atom. The van der Waals surface area contributed by atoms with Crippen LogP contribution in [0.3, 0.4) is 0 Å². The Kier molecular flexibility index (Phi) is 6.21. The van der Waals surface area contributed by atoms with Crippen LogP contribution >= 0.6 is 0 Å². The quantitative estimate of drug-likeness (QED) is 0.534. The van der Waals surface area contributed by atoms with Crippen molar-refractivity contribution in [2.24, 2.45) is 0 Å². The van der Waals surface area contributed by atoms with Crippen LogP contribution in [0, 0.1) is 0 Å². The summed E-state index contributed by atoms with van der Waals surface area (Å²) in [6, 6.07) is 0.194. The molecule has 0 spiro atoms. The second kappa shape index (κ2) is 7.93. The minimum atomic E-state index is -1.46. The van der Waals surface area contributed by atoms with E-state index in [1.165, 1.54) is 10.9 Å². The van der Waals surface area contributed by atoms with Crippen LogP contribution in [0.1, 0.15) is 13.8 Å².